The third-order valence-corrected chi connectivity index (χ3v) is 10.7. The molecule has 0 heterocycles. The average molecular weight is 786 g/mol. The molecule has 54 heavy (non-hydrogen) atoms. The Morgan fingerprint density at radius 2 is 0.907 bits per heavy atom. The Morgan fingerprint density at radius 3 is 1.28 bits per heavy atom. The van der Waals surface area contributed by atoms with Crippen LogP contribution in [0.1, 0.15) is 193 Å². The second kappa shape index (κ2) is 37.1. The molecule has 0 radical (unpaired) electrons. The van der Waals surface area contributed by atoms with Crippen molar-refractivity contribution < 1.29 is 42.1 Å². The van der Waals surface area contributed by atoms with E-state index in [1.165, 1.54) is 122 Å². The van der Waals surface area contributed by atoms with Crippen LogP contribution in [0.25, 0.3) is 0 Å². The van der Waals surface area contributed by atoms with Crippen LogP contribution in [0, 0.1) is 0 Å². The first-order chi connectivity index (χ1) is 26.0. The molecule has 0 spiro atoms. The fourth-order valence-corrected chi connectivity index (χ4v) is 6.99. The van der Waals surface area contributed by atoms with Crippen molar-refractivity contribution >= 4 is 19.8 Å². The molecule has 0 saturated heterocycles. The number of carbonyl (C=O) groups excluding carboxylic acids is 2. The SMILES string of the molecule is C=CCCCCCCCCCCCCCCCC(=O)OC[C@H](COP(=O)([O-])OCC[N+](C)(C)C)OC(=O)CCCCCCCCCCCCCCCC=C. The lowest BCUT2D eigenvalue weighted by molar-refractivity contribution is -0.870. The fourth-order valence-electron chi connectivity index (χ4n) is 6.26. The monoisotopic (exact) mass is 786 g/mol. The largest absolute Gasteiger partial charge is 0.756 e. The zero-order valence-electron chi connectivity index (χ0n) is 35.3. The lowest BCUT2D eigenvalue weighted by atomic mass is 10.0. The number of likely N-dealkylation sites (N-methyl/N-ethyl adjacent to an activating group) is 1. The molecule has 2 atom stereocenters. The van der Waals surface area contributed by atoms with E-state index in [2.05, 4.69) is 13.2 Å². The zero-order valence-corrected chi connectivity index (χ0v) is 36.2. The van der Waals surface area contributed by atoms with Crippen LogP contribution in [0.5, 0.6) is 0 Å². The number of phosphoric acid groups is 1. The van der Waals surface area contributed by atoms with Gasteiger partial charge in [0, 0.05) is 12.8 Å². The van der Waals surface area contributed by atoms with Gasteiger partial charge in [-0.25, -0.2) is 0 Å². The van der Waals surface area contributed by atoms with E-state index in [0.717, 1.165) is 51.4 Å². The van der Waals surface area contributed by atoms with Crippen LogP contribution >= 0.6 is 7.82 Å². The maximum Gasteiger partial charge on any atom is 0.306 e. The molecule has 318 valence electrons. The number of unbranched alkanes of at least 4 members (excludes halogenated alkanes) is 26. The van der Waals surface area contributed by atoms with E-state index in [0.29, 0.717) is 17.4 Å². The minimum Gasteiger partial charge on any atom is -0.756 e. The minimum atomic E-state index is -4.62. The Bertz CT molecular complexity index is 953. The minimum absolute atomic E-state index is 0.0304. The van der Waals surface area contributed by atoms with E-state index in [1.54, 1.807) is 0 Å². The van der Waals surface area contributed by atoms with E-state index in [1.807, 2.05) is 33.3 Å². The number of ether oxygens (including phenoxy) is 2. The maximum atomic E-state index is 12.7. The van der Waals surface area contributed by atoms with E-state index in [4.69, 9.17) is 18.5 Å². The Labute approximate surface area is 332 Å². The van der Waals surface area contributed by atoms with Crippen LogP contribution in [0.15, 0.2) is 25.3 Å². The number of allylic oxidation sites excluding steroid dienone is 2. The van der Waals surface area contributed by atoms with Crippen molar-refractivity contribution in [2.75, 3.05) is 47.5 Å². The molecule has 0 aromatic heterocycles. The fraction of sp³-hybridized carbons (Fsp3) is 0.864. The van der Waals surface area contributed by atoms with Crippen molar-refractivity contribution in [1.29, 1.82) is 0 Å². The number of carbonyl (C=O) groups is 2. The highest BCUT2D eigenvalue weighted by Crippen LogP contribution is 2.38. The first-order valence-electron chi connectivity index (χ1n) is 22.0. The second-order valence-electron chi connectivity index (χ2n) is 16.2. The molecule has 0 aliphatic carbocycles. The first-order valence-corrected chi connectivity index (χ1v) is 23.4. The van der Waals surface area contributed by atoms with Gasteiger partial charge in [-0.15, -0.1) is 13.2 Å². The van der Waals surface area contributed by atoms with Gasteiger partial charge in [0.1, 0.15) is 19.8 Å². The number of nitrogens with zero attached hydrogens (tertiary/aromatic N) is 1. The van der Waals surface area contributed by atoms with E-state index in [-0.39, 0.29) is 32.0 Å². The summed E-state index contributed by atoms with van der Waals surface area (Å²) in [7, 11) is 1.17. The third-order valence-electron chi connectivity index (χ3n) is 9.74. The summed E-state index contributed by atoms with van der Waals surface area (Å²) in [5.74, 6) is -0.834. The number of quaternary nitrogens is 1. The number of rotatable bonds is 42. The van der Waals surface area contributed by atoms with Crippen LogP contribution in [0.3, 0.4) is 0 Å². The maximum absolute atomic E-state index is 12.7. The molecule has 0 aliphatic rings. The van der Waals surface area contributed by atoms with Crippen LogP contribution in [-0.2, 0) is 32.7 Å². The number of phosphoric ester groups is 1. The van der Waals surface area contributed by atoms with Gasteiger partial charge in [0.2, 0.25) is 0 Å². The summed E-state index contributed by atoms with van der Waals surface area (Å²) in [4.78, 5) is 37.5. The first kappa shape index (κ1) is 52.5. The smallest absolute Gasteiger partial charge is 0.306 e. The van der Waals surface area contributed by atoms with Crippen molar-refractivity contribution in [3.05, 3.63) is 25.3 Å². The molecule has 0 saturated carbocycles. The molecule has 0 N–H and O–H groups in total. The highest BCUT2D eigenvalue weighted by atomic mass is 31.2. The summed E-state index contributed by atoms with van der Waals surface area (Å²) in [6.07, 6.45) is 37.0. The number of hydrogen-bond acceptors (Lipinski definition) is 8. The Hall–Kier alpha value is -1.51. The summed E-state index contributed by atoms with van der Waals surface area (Å²) in [6, 6.07) is 0. The quantitative estimate of drug-likeness (QED) is 0.0198. The highest BCUT2D eigenvalue weighted by Gasteiger charge is 2.21. The van der Waals surface area contributed by atoms with Crippen LogP contribution in [-0.4, -0.2) is 70.0 Å². The second-order valence-corrected chi connectivity index (χ2v) is 17.6. The Kier molecular flexibility index (Phi) is 36.1. The summed E-state index contributed by atoms with van der Waals surface area (Å²) in [6.45, 7) is 7.28. The van der Waals surface area contributed by atoms with E-state index < -0.39 is 26.5 Å². The number of esters is 2. The van der Waals surface area contributed by atoms with Gasteiger partial charge < -0.3 is 27.9 Å². The van der Waals surface area contributed by atoms with Crippen LogP contribution in [0.4, 0.5) is 0 Å². The average Bonchev–Trinajstić information content (AvgIpc) is 3.12. The summed E-state index contributed by atoms with van der Waals surface area (Å²) < 4.78 is 33.9. The predicted octanol–water partition coefficient (Wildman–Crippen LogP) is 11.7. The molecule has 0 aromatic carbocycles. The van der Waals surface area contributed by atoms with Crippen molar-refractivity contribution in [3.8, 4) is 0 Å². The van der Waals surface area contributed by atoms with Gasteiger partial charge in [-0.2, -0.15) is 0 Å². The lowest BCUT2D eigenvalue weighted by Gasteiger charge is -2.28. The molecular weight excluding hydrogens is 701 g/mol. The normalized spacial score (nSPS) is 13.3. The summed E-state index contributed by atoms with van der Waals surface area (Å²) in [5, 5.41) is 0. The summed E-state index contributed by atoms with van der Waals surface area (Å²) in [5.41, 5.74) is 0. The third kappa shape index (κ3) is 40.2. The Morgan fingerprint density at radius 1 is 0.556 bits per heavy atom. The molecule has 0 bridgehead atoms. The van der Waals surface area contributed by atoms with Gasteiger partial charge in [0.25, 0.3) is 7.82 Å². The van der Waals surface area contributed by atoms with Gasteiger partial charge in [-0.3, -0.25) is 14.2 Å². The molecule has 10 heteroatoms. The van der Waals surface area contributed by atoms with Gasteiger partial charge >= 0.3 is 11.9 Å². The zero-order chi connectivity index (χ0) is 40.0. The number of hydrogen-bond donors (Lipinski definition) is 0. The standard InChI is InChI=1S/C44H84NO8P/c1-6-8-10-12-14-16-18-20-22-24-26-28-30-32-34-36-43(46)50-40-42(41-52-54(48,49)51-39-38-45(3,4)5)53-44(47)37-35-33-31-29-27-25-23-21-19-17-15-13-11-9-7-2/h6-7,42H,1-2,8-41H2,3-5H3/t42-/m1/s1. The molecular formula is C44H84NO8P. The van der Waals surface area contributed by atoms with Crippen molar-refractivity contribution in [2.24, 2.45) is 0 Å². The predicted molar refractivity (Wildman–Crippen MR) is 222 cm³/mol. The van der Waals surface area contributed by atoms with Gasteiger partial charge in [0.15, 0.2) is 6.10 Å². The van der Waals surface area contributed by atoms with E-state index in [9.17, 15) is 19.0 Å². The van der Waals surface area contributed by atoms with Crippen molar-refractivity contribution in [2.45, 2.75) is 199 Å². The van der Waals surface area contributed by atoms with Crippen molar-refractivity contribution in [3.63, 3.8) is 0 Å². The van der Waals surface area contributed by atoms with Crippen LogP contribution < -0.4 is 4.89 Å². The molecule has 1 unspecified atom stereocenters. The Balaban J connectivity index is 4.30. The van der Waals surface area contributed by atoms with Gasteiger partial charge in [-0.1, -0.05) is 153 Å². The molecule has 0 rings (SSSR count). The van der Waals surface area contributed by atoms with E-state index >= 15 is 0 Å². The van der Waals surface area contributed by atoms with Crippen LogP contribution in [0.2, 0.25) is 0 Å². The molecule has 0 aromatic rings. The highest BCUT2D eigenvalue weighted by molar-refractivity contribution is 7.45. The lowest BCUT2D eigenvalue weighted by Crippen LogP contribution is -2.37. The summed E-state index contributed by atoms with van der Waals surface area (Å²) >= 11 is 0. The van der Waals surface area contributed by atoms with Gasteiger partial charge in [-0.05, 0) is 38.5 Å². The topological polar surface area (TPSA) is 111 Å². The van der Waals surface area contributed by atoms with Gasteiger partial charge in [0.05, 0.1) is 27.7 Å². The molecule has 0 fully saturated rings. The molecule has 0 aliphatic heterocycles. The molecule has 0 amide bonds. The molecule has 9 nitrogen and oxygen atoms in total. The van der Waals surface area contributed by atoms with Crippen molar-refractivity contribution in [1.82, 2.24) is 0 Å².